The monoisotopic (exact) mass is 212 g/mol. The molecule has 0 saturated heterocycles. The Labute approximate surface area is 78.1 Å². The molecule has 0 aliphatic heterocycles. The highest BCUT2D eigenvalue weighted by molar-refractivity contribution is 6.30. The maximum atomic E-state index is 11.7. The van der Waals surface area contributed by atoms with Gasteiger partial charge in [0.1, 0.15) is 0 Å². The normalized spacial score (nSPS) is 12.0. The van der Waals surface area contributed by atoms with Crippen molar-refractivity contribution in [1.82, 2.24) is 10.3 Å². The molecule has 0 bridgehead atoms. The van der Waals surface area contributed by atoms with Crippen molar-refractivity contribution >= 4 is 11.6 Å². The minimum absolute atomic E-state index is 0.131. The van der Waals surface area contributed by atoms with Crippen LogP contribution in [0.3, 0.4) is 0 Å². The molecule has 2 nitrogen and oxygen atoms in total. The SMILES string of the molecule is FC(F)(F)CNCc1cc(Cl)c[nH]1. The van der Waals surface area contributed by atoms with Gasteiger partial charge < -0.3 is 10.3 Å². The van der Waals surface area contributed by atoms with Gasteiger partial charge in [-0.1, -0.05) is 11.6 Å². The van der Waals surface area contributed by atoms with Crippen LogP contribution in [-0.4, -0.2) is 17.7 Å². The van der Waals surface area contributed by atoms with Crippen molar-refractivity contribution in [3.8, 4) is 0 Å². The third-order valence-corrected chi connectivity index (χ3v) is 1.57. The maximum absolute atomic E-state index is 11.7. The van der Waals surface area contributed by atoms with Crippen molar-refractivity contribution in [2.24, 2.45) is 0 Å². The van der Waals surface area contributed by atoms with Crippen LogP contribution in [0, 0.1) is 0 Å². The van der Waals surface area contributed by atoms with Gasteiger partial charge >= 0.3 is 6.18 Å². The fraction of sp³-hybridized carbons (Fsp3) is 0.429. The van der Waals surface area contributed by atoms with Gasteiger partial charge in [-0.25, -0.2) is 0 Å². The Hall–Kier alpha value is -0.680. The van der Waals surface area contributed by atoms with E-state index in [1.807, 2.05) is 0 Å². The van der Waals surface area contributed by atoms with Crippen LogP contribution >= 0.6 is 11.6 Å². The zero-order valence-corrected chi connectivity index (χ0v) is 7.34. The number of aromatic amines is 1. The van der Waals surface area contributed by atoms with Gasteiger partial charge in [0.05, 0.1) is 11.6 Å². The van der Waals surface area contributed by atoms with Gasteiger partial charge in [-0.2, -0.15) is 13.2 Å². The number of H-pyrrole nitrogens is 1. The van der Waals surface area contributed by atoms with Crippen molar-refractivity contribution in [1.29, 1.82) is 0 Å². The van der Waals surface area contributed by atoms with Gasteiger partial charge in [0, 0.05) is 18.4 Å². The first-order valence-electron chi connectivity index (χ1n) is 3.57. The fourth-order valence-electron chi connectivity index (χ4n) is 0.852. The molecule has 13 heavy (non-hydrogen) atoms. The van der Waals surface area contributed by atoms with Gasteiger partial charge in [0.25, 0.3) is 0 Å². The number of aromatic nitrogens is 1. The Kier molecular flexibility index (Phi) is 3.22. The lowest BCUT2D eigenvalue weighted by Gasteiger charge is -2.06. The molecular weight excluding hydrogens is 205 g/mol. The molecule has 1 heterocycles. The minimum atomic E-state index is -4.17. The molecule has 0 aromatic carbocycles. The van der Waals surface area contributed by atoms with E-state index in [1.54, 1.807) is 6.07 Å². The van der Waals surface area contributed by atoms with Crippen LogP contribution in [0.4, 0.5) is 13.2 Å². The number of hydrogen-bond acceptors (Lipinski definition) is 1. The molecule has 2 N–H and O–H groups in total. The summed E-state index contributed by atoms with van der Waals surface area (Å²) in [6, 6.07) is 1.57. The van der Waals surface area contributed by atoms with E-state index < -0.39 is 12.7 Å². The first-order valence-corrected chi connectivity index (χ1v) is 3.95. The second-order valence-corrected chi connectivity index (χ2v) is 3.00. The molecule has 0 atom stereocenters. The number of hydrogen-bond donors (Lipinski definition) is 2. The zero-order chi connectivity index (χ0) is 9.90. The molecule has 0 saturated carbocycles. The van der Waals surface area contributed by atoms with Crippen molar-refractivity contribution in [3.63, 3.8) is 0 Å². The predicted molar refractivity (Wildman–Crippen MR) is 43.6 cm³/mol. The molecule has 6 heteroatoms. The highest BCUT2D eigenvalue weighted by Crippen LogP contribution is 2.13. The Balaban J connectivity index is 2.28. The molecule has 0 spiro atoms. The Bertz CT molecular complexity index is 269. The van der Waals surface area contributed by atoms with E-state index in [9.17, 15) is 13.2 Å². The maximum Gasteiger partial charge on any atom is 0.401 e. The number of rotatable bonds is 3. The van der Waals surface area contributed by atoms with Gasteiger partial charge in [-0.15, -0.1) is 0 Å². The summed E-state index contributed by atoms with van der Waals surface area (Å²) in [6.07, 6.45) is -2.65. The van der Waals surface area contributed by atoms with Gasteiger partial charge in [-0.3, -0.25) is 0 Å². The van der Waals surface area contributed by atoms with E-state index in [4.69, 9.17) is 11.6 Å². The van der Waals surface area contributed by atoms with Crippen molar-refractivity contribution < 1.29 is 13.2 Å². The number of halogens is 4. The molecule has 0 aliphatic carbocycles. The van der Waals surface area contributed by atoms with Crippen molar-refractivity contribution in [3.05, 3.63) is 23.0 Å². The van der Waals surface area contributed by atoms with Gasteiger partial charge in [0.15, 0.2) is 0 Å². The quantitative estimate of drug-likeness (QED) is 0.791. The van der Waals surface area contributed by atoms with Gasteiger partial charge in [-0.05, 0) is 6.07 Å². The Morgan fingerprint density at radius 3 is 2.62 bits per heavy atom. The predicted octanol–water partition coefficient (Wildman–Crippen LogP) is 2.32. The lowest BCUT2D eigenvalue weighted by atomic mass is 10.4. The Morgan fingerprint density at radius 1 is 1.46 bits per heavy atom. The van der Waals surface area contributed by atoms with E-state index in [-0.39, 0.29) is 6.54 Å². The van der Waals surface area contributed by atoms with Crippen molar-refractivity contribution in [2.75, 3.05) is 6.54 Å². The Morgan fingerprint density at radius 2 is 2.15 bits per heavy atom. The third-order valence-electron chi connectivity index (χ3n) is 1.35. The minimum Gasteiger partial charge on any atom is -0.363 e. The molecule has 1 aromatic rings. The molecule has 0 unspecified atom stereocenters. The van der Waals surface area contributed by atoms with Crippen LogP contribution in [0.1, 0.15) is 5.69 Å². The standard InChI is InChI=1S/C7H8ClF3N2/c8-5-1-6(13-2-5)3-12-4-7(9,10)11/h1-2,12-13H,3-4H2. The summed E-state index contributed by atoms with van der Waals surface area (Å²) < 4.78 is 35.0. The molecule has 1 rings (SSSR count). The second-order valence-electron chi connectivity index (χ2n) is 2.56. The molecule has 1 aromatic heterocycles. The summed E-state index contributed by atoms with van der Waals surface area (Å²) in [5.41, 5.74) is 0.634. The van der Waals surface area contributed by atoms with Crippen LogP contribution in [0.2, 0.25) is 5.02 Å². The topological polar surface area (TPSA) is 27.8 Å². The lowest BCUT2D eigenvalue weighted by Crippen LogP contribution is -2.28. The first-order chi connectivity index (χ1) is 5.97. The lowest BCUT2D eigenvalue weighted by molar-refractivity contribution is -0.125. The summed E-state index contributed by atoms with van der Waals surface area (Å²) in [4.78, 5) is 2.73. The average Bonchev–Trinajstić information content (AvgIpc) is 2.33. The van der Waals surface area contributed by atoms with Crippen LogP contribution in [0.5, 0.6) is 0 Å². The van der Waals surface area contributed by atoms with Crippen LogP contribution < -0.4 is 5.32 Å². The van der Waals surface area contributed by atoms with Crippen LogP contribution in [0.15, 0.2) is 12.3 Å². The molecular formula is C7H8ClF3N2. The smallest absolute Gasteiger partial charge is 0.363 e. The zero-order valence-electron chi connectivity index (χ0n) is 6.58. The first kappa shape index (κ1) is 10.4. The summed E-state index contributed by atoms with van der Waals surface area (Å²) >= 11 is 5.55. The van der Waals surface area contributed by atoms with Crippen molar-refractivity contribution in [2.45, 2.75) is 12.7 Å². The molecule has 0 fully saturated rings. The van der Waals surface area contributed by atoms with Crippen LogP contribution in [0.25, 0.3) is 0 Å². The van der Waals surface area contributed by atoms with E-state index in [2.05, 4.69) is 10.3 Å². The number of alkyl halides is 3. The second kappa shape index (κ2) is 4.02. The molecule has 0 radical (unpaired) electrons. The molecule has 0 aliphatic rings. The molecule has 0 amide bonds. The fourth-order valence-corrected chi connectivity index (χ4v) is 1.04. The van der Waals surface area contributed by atoms with E-state index in [0.717, 1.165) is 0 Å². The largest absolute Gasteiger partial charge is 0.401 e. The number of nitrogens with one attached hydrogen (secondary N) is 2. The van der Waals surface area contributed by atoms with E-state index in [1.165, 1.54) is 6.20 Å². The summed E-state index contributed by atoms with van der Waals surface area (Å²) in [6.45, 7) is -0.865. The molecule has 74 valence electrons. The summed E-state index contributed by atoms with van der Waals surface area (Å²) in [7, 11) is 0. The highest BCUT2D eigenvalue weighted by Gasteiger charge is 2.26. The van der Waals surface area contributed by atoms with Crippen LogP contribution in [-0.2, 0) is 6.54 Å². The van der Waals surface area contributed by atoms with Gasteiger partial charge in [0.2, 0.25) is 0 Å². The third kappa shape index (κ3) is 4.19. The average molecular weight is 213 g/mol. The van der Waals surface area contributed by atoms with E-state index in [0.29, 0.717) is 10.7 Å². The summed E-state index contributed by atoms with van der Waals surface area (Å²) in [5.74, 6) is 0. The summed E-state index contributed by atoms with van der Waals surface area (Å²) in [5, 5.41) is 2.73. The van der Waals surface area contributed by atoms with E-state index >= 15 is 0 Å². The highest BCUT2D eigenvalue weighted by atomic mass is 35.5.